The molecule has 1 aliphatic heterocycles. The van der Waals surface area contributed by atoms with Gasteiger partial charge in [-0.15, -0.1) is 0 Å². The third-order valence-corrected chi connectivity index (χ3v) is 3.74. The summed E-state index contributed by atoms with van der Waals surface area (Å²) in [5.41, 5.74) is -0.995. The van der Waals surface area contributed by atoms with Crippen molar-refractivity contribution in [3.8, 4) is 0 Å². The van der Waals surface area contributed by atoms with E-state index in [1.54, 1.807) is 5.32 Å². The highest BCUT2D eigenvalue weighted by molar-refractivity contribution is 5.75. The van der Waals surface area contributed by atoms with Crippen molar-refractivity contribution >= 4 is 6.03 Å². The summed E-state index contributed by atoms with van der Waals surface area (Å²) in [6, 6.07) is -1.94. The lowest BCUT2D eigenvalue weighted by molar-refractivity contribution is -0.156. The van der Waals surface area contributed by atoms with Crippen LogP contribution in [0.3, 0.4) is 0 Å². The second-order valence-corrected chi connectivity index (χ2v) is 5.24. The number of urea groups is 1. The fourth-order valence-electron chi connectivity index (χ4n) is 2.58. The lowest BCUT2D eigenvalue weighted by atomic mass is 10.1. The largest absolute Gasteiger partial charge is 0.413 e. The van der Waals surface area contributed by atoms with Gasteiger partial charge in [-0.05, 0) is 18.9 Å². The SMILES string of the molecule is O=C(N[C@H](c1cccc(F)c1F)C(F)(F)F)N1CCC[C@H]1CO. The molecule has 0 radical (unpaired) electrons. The third-order valence-electron chi connectivity index (χ3n) is 3.74. The summed E-state index contributed by atoms with van der Waals surface area (Å²) in [5, 5.41) is 10.8. The number of rotatable bonds is 3. The van der Waals surface area contributed by atoms with Crippen LogP contribution in [-0.4, -0.2) is 41.4 Å². The van der Waals surface area contributed by atoms with Crippen molar-refractivity contribution in [3.05, 3.63) is 35.4 Å². The van der Waals surface area contributed by atoms with Crippen LogP contribution in [0.25, 0.3) is 0 Å². The molecule has 0 aromatic heterocycles. The molecule has 0 saturated carbocycles. The Morgan fingerprint density at radius 2 is 2.09 bits per heavy atom. The highest BCUT2D eigenvalue weighted by Crippen LogP contribution is 2.35. The Morgan fingerprint density at radius 1 is 1.39 bits per heavy atom. The third kappa shape index (κ3) is 3.72. The molecule has 4 nitrogen and oxygen atoms in total. The molecular formula is C14H15F5N2O2. The molecule has 2 amide bonds. The van der Waals surface area contributed by atoms with E-state index >= 15 is 0 Å². The number of halogens is 5. The van der Waals surface area contributed by atoms with Crippen LogP contribution in [0.4, 0.5) is 26.7 Å². The van der Waals surface area contributed by atoms with E-state index < -0.39 is 41.5 Å². The van der Waals surface area contributed by atoms with E-state index in [-0.39, 0.29) is 13.2 Å². The van der Waals surface area contributed by atoms with Crippen LogP contribution in [0.2, 0.25) is 0 Å². The highest BCUT2D eigenvalue weighted by atomic mass is 19.4. The second-order valence-electron chi connectivity index (χ2n) is 5.24. The maximum absolute atomic E-state index is 13.7. The predicted molar refractivity (Wildman–Crippen MR) is 70.5 cm³/mol. The number of amides is 2. The number of likely N-dealkylation sites (tertiary alicyclic amines) is 1. The molecule has 128 valence electrons. The first-order valence-electron chi connectivity index (χ1n) is 6.94. The van der Waals surface area contributed by atoms with Gasteiger partial charge in [-0.2, -0.15) is 13.2 Å². The monoisotopic (exact) mass is 338 g/mol. The number of hydrogen-bond acceptors (Lipinski definition) is 2. The first-order valence-corrected chi connectivity index (χ1v) is 6.94. The van der Waals surface area contributed by atoms with Gasteiger partial charge in [0.2, 0.25) is 0 Å². The Morgan fingerprint density at radius 3 is 2.70 bits per heavy atom. The van der Waals surface area contributed by atoms with Gasteiger partial charge in [-0.3, -0.25) is 0 Å². The molecule has 0 aliphatic carbocycles. The molecule has 1 heterocycles. The fraction of sp³-hybridized carbons (Fsp3) is 0.500. The number of alkyl halides is 3. The van der Waals surface area contributed by atoms with Crippen LogP contribution >= 0.6 is 0 Å². The first kappa shape index (κ1) is 17.5. The molecule has 1 aromatic rings. The molecule has 23 heavy (non-hydrogen) atoms. The van der Waals surface area contributed by atoms with Gasteiger partial charge in [0.05, 0.1) is 12.6 Å². The maximum atomic E-state index is 13.7. The van der Waals surface area contributed by atoms with Crippen molar-refractivity contribution in [1.29, 1.82) is 0 Å². The molecule has 2 atom stereocenters. The van der Waals surface area contributed by atoms with Crippen molar-refractivity contribution in [3.63, 3.8) is 0 Å². The van der Waals surface area contributed by atoms with Gasteiger partial charge < -0.3 is 15.3 Å². The molecule has 0 bridgehead atoms. The van der Waals surface area contributed by atoms with Gasteiger partial charge in [-0.1, -0.05) is 12.1 Å². The number of aliphatic hydroxyl groups excluding tert-OH is 1. The van der Waals surface area contributed by atoms with E-state index in [2.05, 4.69) is 0 Å². The van der Waals surface area contributed by atoms with Gasteiger partial charge in [0.15, 0.2) is 17.7 Å². The van der Waals surface area contributed by atoms with Crippen molar-refractivity contribution < 1.29 is 31.9 Å². The van der Waals surface area contributed by atoms with E-state index in [0.29, 0.717) is 18.9 Å². The normalized spacial score (nSPS) is 19.7. The summed E-state index contributed by atoms with van der Waals surface area (Å²) in [7, 11) is 0. The lowest BCUT2D eigenvalue weighted by Gasteiger charge is -2.28. The molecule has 0 spiro atoms. The minimum Gasteiger partial charge on any atom is -0.394 e. The Hall–Kier alpha value is -1.90. The van der Waals surface area contributed by atoms with E-state index in [0.717, 1.165) is 17.0 Å². The first-order chi connectivity index (χ1) is 10.8. The molecular weight excluding hydrogens is 323 g/mol. The number of benzene rings is 1. The number of nitrogens with one attached hydrogen (secondary N) is 1. The number of nitrogens with zero attached hydrogens (tertiary/aromatic N) is 1. The maximum Gasteiger partial charge on any atom is 0.413 e. The Kier molecular flexibility index (Phi) is 5.08. The predicted octanol–water partition coefficient (Wildman–Crippen LogP) is 2.73. The molecule has 1 fully saturated rings. The van der Waals surface area contributed by atoms with Crippen LogP contribution in [-0.2, 0) is 0 Å². The van der Waals surface area contributed by atoms with Crippen molar-refractivity contribution in [1.82, 2.24) is 10.2 Å². The smallest absolute Gasteiger partial charge is 0.394 e. The minimum absolute atomic E-state index is 0.188. The summed E-state index contributed by atoms with van der Waals surface area (Å²) < 4.78 is 66.4. The fourth-order valence-corrected chi connectivity index (χ4v) is 2.58. The van der Waals surface area contributed by atoms with Gasteiger partial charge in [0.1, 0.15) is 0 Å². The number of carbonyl (C=O) groups excluding carboxylic acids is 1. The zero-order valence-electron chi connectivity index (χ0n) is 11.9. The number of aliphatic hydroxyl groups is 1. The Labute approximate surface area is 128 Å². The van der Waals surface area contributed by atoms with E-state index in [1.807, 2.05) is 0 Å². The summed E-state index contributed by atoms with van der Waals surface area (Å²) in [5.74, 6) is -3.09. The molecule has 0 unspecified atom stereocenters. The van der Waals surface area contributed by atoms with Crippen molar-refractivity contribution in [2.45, 2.75) is 31.1 Å². The zero-order valence-corrected chi connectivity index (χ0v) is 11.9. The van der Waals surface area contributed by atoms with E-state index in [9.17, 15) is 26.7 Å². The summed E-state index contributed by atoms with van der Waals surface area (Å²) in [4.78, 5) is 13.1. The minimum atomic E-state index is -5.00. The van der Waals surface area contributed by atoms with Crippen LogP contribution in [0.15, 0.2) is 18.2 Å². The van der Waals surface area contributed by atoms with Gasteiger partial charge in [0.25, 0.3) is 0 Å². The van der Waals surface area contributed by atoms with Crippen LogP contribution in [0.1, 0.15) is 24.4 Å². The van der Waals surface area contributed by atoms with Crippen molar-refractivity contribution in [2.75, 3.05) is 13.2 Å². The summed E-state index contributed by atoms with van der Waals surface area (Å²) in [6.07, 6.45) is -3.99. The van der Waals surface area contributed by atoms with Gasteiger partial charge in [0, 0.05) is 12.1 Å². The van der Waals surface area contributed by atoms with Crippen LogP contribution < -0.4 is 5.32 Å². The van der Waals surface area contributed by atoms with Crippen LogP contribution in [0.5, 0.6) is 0 Å². The standard InChI is InChI=1S/C14H15F5N2O2/c15-10-5-1-4-9(11(10)16)12(14(17,18)19)20-13(23)21-6-2-3-8(21)7-22/h1,4-5,8,12,22H,2-3,6-7H2,(H,20,23)/t8-,12+/m0/s1. The molecule has 2 N–H and O–H groups in total. The summed E-state index contributed by atoms with van der Waals surface area (Å²) in [6.45, 7) is -0.189. The van der Waals surface area contributed by atoms with E-state index in [4.69, 9.17) is 5.11 Å². The molecule has 2 rings (SSSR count). The quantitative estimate of drug-likeness (QED) is 0.833. The van der Waals surface area contributed by atoms with Gasteiger partial charge >= 0.3 is 12.2 Å². The van der Waals surface area contributed by atoms with E-state index in [1.165, 1.54) is 0 Å². The topological polar surface area (TPSA) is 52.6 Å². The Balaban J connectivity index is 2.27. The molecule has 1 saturated heterocycles. The number of carbonyl (C=O) groups is 1. The average Bonchev–Trinajstić information content (AvgIpc) is 2.95. The highest BCUT2D eigenvalue weighted by Gasteiger charge is 2.45. The average molecular weight is 338 g/mol. The molecule has 1 aliphatic rings. The van der Waals surface area contributed by atoms with Crippen molar-refractivity contribution in [2.24, 2.45) is 0 Å². The summed E-state index contributed by atoms with van der Waals surface area (Å²) >= 11 is 0. The molecule has 1 aromatic carbocycles. The van der Waals surface area contributed by atoms with Gasteiger partial charge in [-0.25, -0.2) is 13.6 Å². The number of hydrogen-bond donors (Lipinski definition) is 2. The lowest BCUT2D eigenvalue weighted by Crippen LogP contribution is -2.48. The second kappa shape index (κ2) is 6.69. The van der Waals surface area contributed by atoms with Crippen LogP contribution in [0, 0.1) is 11.6 Å². The molecule has 9 heteroatoms. The Bertz CT molecular complexity index is 579. The zero-order chi connectivity index (χ0) is 17.2.